The minimum Gasteiger partial charge on any atom is -0.481 e. The average molecular weight is 352 g/mol. The van der Waals surface area contributed by atoms with Crippen LogP contribution in [0.3, 0.4) is 0 Å². The Balaban J connectivity index is 1.74. The highest BCUT2D eigenvalue weighted by Crippen LogP contribution is 2.23. The summed E-state index contributed by atoms with van der Waals surface area (Å²) < 4.78 is 0. The minimum absolute atomic E-state index is 0.196. The Morgan fingerprint density at radius 2 is 1.54 bits per heavy atom. The van der Waals surface area contributed by atoms with Crippen LogP contribution in [0, 0.1) is 5.92 Å². The van der Waals surface area contributed by atoms with Crippen molar-refractivity contribution < 1.29 is 19.5 Å². The van der Waals surface area contributed by atoms with Gasteiger partial charge in [-0.3, -0.25) is 14.4 Å². The summed E-state index contributed by atoms with van der Waals surface area (Å²) in [5.74, 6) is -1.69. The Morgan fingerprint density at radius 3 is 2.19 bits per heavy atom. The molecule has 1 aliphatic rings. The van der Waals surface area contributed by atoms with E-state index in [-0.39, 0.29) is 11.8 Å². The lowest BCUT2D eigenvalue weighted by Gasteiger charge is -2.30. The summed E-state index contributed by atoms with van der Waals surface area (Å²) in [6, 6.07) is 15.7. The standard InChI is InChI=1S/C20H20N2O4/c23-18(14-6-2-1-3-7-14)21-17-9-5-4-8-16(17)19(24)22-12-10-15(11-13-22)20(25)26/h1-9,15H,10-13H2,(H,21,23)(H,25,26). The van der Waals surface area contributed by atoms with Gasteiger partial charge in [0.2, 0.25) is 0 Å². The van der Waals surface area contributed by atoms with E-state index in [1.54, 1.807) is 53.4 Å². The van der Waals surface area contributed by atoms with Crippen LogP contribution < -0.4 is 5.32 Å². The van der Waals surface area contributed by atoms with E-state index < -0.39 is 11.9 Å². The second-order valence-electron chi connectivity index (χ2n) is 6.27. The molecular formula is C20H20N2O4. The number of rotatable bonds is 4. The van der Waals surface area contributed by atoms with Crippen LogP contribution in [0.15, 0.2) is 54.6 Å². The molecule has 0 unspecified atom stereocenters. The molecular weight excluding hydrogens is 332 g/mol. The number of aliphatic carboxylic acids is 1. The molecule has 2 aromatic rings. The molecule has 0 saturated carbocycles. The molecule has 0 bridgehead atoms. The van der Waals surface area contributed by atoms with Gasteiger partial charge < -0.3 is 15.3 Å². The van der Waals surface area contributed by atoms with Crippen molar-refractivity contribution >= 4 is 23.5 Å². The van der Waals surface area contributed by atoms with Gasteiger partial charge in [0.25, 0.3) is 11.8 Å². The molecule has 0 atom stereocenters. The Labute approximate surface area is 151 Å². The van der Waals surface area contributed by atoms with Gasteiger partial charge in [-0.1, -0.05) is 30.3 Å². The number of para-hydroxylation sites is 1. The van der Waals surface area contributed by atoms with Crippen LogP contribution >= 0.6 is 0 Å². The molecule has 2 N–H and O–H groups in total. The van der Waals surface area contributed by atoms with Crippen LogP contribution in [0.2, 0.25) is 0 Å². The summed E-state index contributed by atoms with van der Waals surface area (Å²) in [6.07, 6.45) is 0.888. The monoisotopic (exact) mass is 352 g/mol. The third kappa shape index (κ3) is 3.91. The number of hydrogen-bond donors (Lipinski definition) is 2. The first-order chi connectivity index (χ1) is 12.6. The Kier molecular flexibility index (Phi) is 5.31. The van der Waals surface area contributed by atoms with Crippen molar-refractivity contribution in [2.24, 2.45) is 5.92 Å². The second kappa shape index (κ2) is 7.82. The number of anilines is 1. The van der Waals surface area contributed by atoms with Gasteiger partial charge in [-0.15, -0.1) is 0 Å². The number of carbonyl (C=O) groups is 3. The number of likely N-dealkylation sites (tertiary alicyclic amines) is 1. The van der Waals surface area contributed by atoms with Crippen molar-refractivity contribution in [3.63, 3.8) is 0 Å². The first kappa shape index (κ1) is 17.7. The number of amides is 2. The van der Waals surface area contributed by atoms with Crippen LogP contribution in [-0.2, 0) is 4.79 Å². The normalized spacial score (nSPS) is 14.7. The van der Waals surface area contributed by atoms with E-state index >= 15 is 0 Å². The van der Waals surface area contributed by atoms with Gasteiger partial charge in [-0.05, 0) is 37.1 Å². The highest BCUT2D eigenvalue weighted by Gasteiger charge is 2.28. The van der Waals surface area contributed by atoms with Gasteiger partial charge in [-0.2, -0.15) is 0 Å². The van der Waals surface area contributed by atoms with Crippen molar-refractivity contribution in [1.29, 1.82) is 0 Å². The topological polar surface area (TPSA) is 86.7 Å². The molecule has 0 aliphatic carbocycles. The van der Waals surface area contributed by atoms with E-state index in [0.717, 1.165) is 0 Å². The van der Waals surface area contributed by atoms with Gasteiger partial charge in [0.15, 0.2) is 0 Å². The molecule has 1 saturated heterocycles. The highest BCUT2D eigenvalue weighted by atomic mass is 16.4. The predicted molar refractivity (Wildman–Crippen MR) is 97.1 cm³/mol. The maximum atomic E-state index is 12.8. The van der Waals surface area contributed by atoms with Gasteiger partial charge in [0, 0.05) is 18.7 Å². The quantitative estimate of drug-likeness (QED) is 0.886. The number of carbonyl (C=O) groups excluding carboxylic acids is 2. The molecule has 1 aliphatic heterocycles. The Morgan fingerprint density at radius 1 is 0.923 bits per heavy atom. The van der Waals surface area contributed by atoms with Crippen LogP contribution in [0.4, 0.5) is 5.69 Å². The van der Waals surface area contributed by atoms with Crippen molar-refractivity contribution in [2.75, 3.05) is 18.4 Å². The zero-order valence-electron chi connectivity index (χ0n) is 14.2. The number of piperidine rings is 1. The third-order valence-electron chi connectivity index (χ3n) is 4.57. The van der Waals surface area contributed by atoms with E-state index in [1.807, 2.05) is 6.07 Å². The highest BCUT2D eigenvalue weighted by molar-refractivity contribution is 6.09. The number of carboxylic acid groups (broad SMARTS) is 1. The number of carboxylic acids is 1. The van der Waals surface area contributed by atoms with Crippen LogP contribution in [0.5, 0.6) is 0 Å². The lowest BCUT2D eigenvalue weighted by Crippen LogP contribution is -2.40. The predicted octanol–water partition coefficient (Wildman–Crippen LogP) is 2.88. The maximum Gasteiger partial charge on any atom is 0.306 e. The summed E-state index contributed by atoms with van der Waals surface area (Å²) in [6.45, 7) is 0.799. The van der Waals surface area contributed by atoms with Crippen LogP contribution in [-0.4, -0.2) is 40.9 Å². The van der Waals surface area contributed by atoms with E-state index in [2.05, 4.69) is 5.32 Å². The number of hydrogen-bond acceptors (Lipinski definition) is 3. The largest absolute Gasteiger partial charge is 0.481 e. The summed E-state index contributed by atoms with van der Waals surface area (Å²) in [5.41, 5.74) is 1.37. The van der Waals surface area contributed by atoms with Crippen LogP contribution in [0.25, 0.3) is 0 Å². The maximum absolute atomic E-state index is 12.8. The smallest absolute Gasteiger partial charge is 0.306 e. The molecule has 0 aromatic heterocycles. The molecule has 2 amide bonds. The second-order valence-corrected chi connectivity index (χ2v) is 6.27. The van der Waals surface area contributed by atoms with Crippen molar-refractivity contribution in [2.45, 2.75) is 12.8 Å². The number of nitrogens with zero attached hydrogens (tertiary/aromatic N) is 1. The molecule has 134 valence electrons. The van der Waals surface area contributed by atoms with Gasteiger partial charge >= 0.3 is 5.97 Å². The summed E-state index contributed by atoms with van der Waals surface area (Å²) in [7, 11) is 0. The minimum atomic E-state index is -0.812. The molecule has 0 radical (unpaired) electrons. The summed E-state index contributed by atoms with van der Waals surface area (Å²) >= 11 is 0. The van der Waals surface area contributed by atoms with Crippen molar-refractivity contribution in [1.82, 2.24) is 4.90 Å². The first-order valence-corrected chi connectivity index (χ1v) is 8.54. The van der Waals surface area contributed by atoms with E-state index in [9.17, 15) is 14.4 Å². The average Bonchev–Trinajstić information content (AvgIpc) is 2.68. The molecule has 2 aromatic carbocycles. The van der Waals surface area contributed by atoms with E-state index in [1.165, 1.54) is 0 Å². The fraction of sp³-hybridized carbons (Fsp3) is 0.250. The first-order valence-electron chi connectivity index (χ1n) is 8.54. The zero-order valence-corrected chi connectivity index (χ0v) is 14.2. The van der Waals surface area contributed by atoms with Crippen molar-refractivity contribution in [3.8, 4) is 0 Å². The van der Waals surface area contributed by atoms with E-state index in [4.69, 9.17) is 5.11 Å². The molecule has 6 heteroatoms. The number of benzene rings is 2. The summed E-state index contributed by atoms with van der Waals surface area (Å²) in [4.78, 5) is 37.9. The van der Waals surface area contributed by atoms with Crippen molar-refractivity contribution in [3.05, 3.63) is 65.7 Å². The fourth-order valence-electron chi connectivity index (χ4n) is 3.06. The molecule has 3 rings (SSSR count). The van der Waals surface area contributed by atoms with Gasteiger partial charge in [-0.25, -0.2) is 0 Å². The molecule has 26 heavy (non-hydrogen) atoms. The fourth-order valence-corrected chi connectivity index (χ4v) is 3.06. The van der Waals surface area contributed by atoms with Gasteiger partial charge in [0.1, 0.15) is 0 Å². The SMILES string of the molecule is O=C(Nc1ccccc1C(=O)N1CCC(C(=O)O)CC1)c1ccccc1. The van der Waals surface area contributed by atoms with E-state index in [0.29, 0.717) is 42.7 Å². The lowest BCUT2D eigenvalue weighted by molar-refractivity contribution is -0.143. The Hall–Kier alpha value is -3.15. The molecule has 0 spiro atoms. The third-order valence-corrected chi connectivity index (χ3v) is 4.57. The Bertz CT molecular complexity index is 812. The molecule has 1 heterocycles. The zero-order chi connectivity index (χ0) is 18.5. The molecule has 6 nitrogen and oxygen atoms in total. The number of nitrogens with one attached hydrogen (secondary N) is 1. The molecule has 1 fully saturated rings. The van der Waals surface area contributed by atoms with Crippen LogP contribution in [0.1, 0.15) is 33.6 Å². The lowest BCUT2D eigenvalue weighted by atomic mass is 9.96. The summed E-state index contributed by atoms with van der Waals surface area (Å²) in [5, 5.41) is 11.9. The van der Waals surface area contributed by atoms with Gasteiger partial charge in [0.05, 0.1) is 17.2 Å².